The fourth-order valence-corrected chi connectivity index (χ4v) is 4.98. The van der Waals surface area contributed by atoms with E-state index in [2.05, 4.69) is 40.1 Å². The average Bonchev–Trinajstić information content (AvgIpc) is 3.30. The fraction of sp³-hybridized carbons (Fsp3) is 0.0370. The van der Waals surface area contributed by atoms with Crippen LogP contribution >= 0.6 is 11.3 Å². The van der Waals surface area contributed by atoms with Crippen molar-refractivity contribution in [2.45, 2.75) is 6.92 Å². The number of aromatic nitrogens is 4. The van der Waals surface area contributed by atoms with Crippen LogP contribution in [-0.2, 0) is 0 Å². The summed E-state index contributed by atoms with van der Waals surface area (Å²) >= 11 is 1.69. The maximum absolute atomic E-state index is 13.5. The molecule has 0 atom stereocenters. The molecule has 33 heavy (non-hydrogen) atoms. The van der Waals surface area contributed by atoms with Crippen molar-refractivity contribution in [2.75, 3.05) is 0 Å². The molecule has 5 heterocycles. The summed E-state index contributed by atoms with van der Waals surface area (Å²) in [7, 11) is 0. The number of pyridine rings is 4. The van der Waals surface area contributed by atoms with Gasteiger partial charge in [-0.25, -0.2) is 4.98 Å². The second kappa shape index (κ2) is 7.76. The van der Waals surface area contributed by atoms with Gasteiger partial charge in [-0.3, -0.25) is 14.8 Å². The van der Waals surface area contributed by atoms with Crippen molar-refractivity contribution in [1.29, 1.82) is 0 Å². The van der Waals surface area contributed by atoms with Crippen LogP contribution in [0.5, 0.6) is 0 Å². The van der Waals surface area contributed by atoms with E-state index in [-0.39, 0.29) is 5.43 Å². The summed E-state index contributed by atoms with van der Waals surface area (Å²) in [4.78, 5) is 32.4. The van der Waals surface area contributed by atoms with Crippen molar-refractivity contribution >= 4 is 33.3 Å². The molecule has 0 unspecified atom stereocenters. The third-order valence-electron chi connectivity index (χ3n) is 5.74. The van der Waals surface area contributed by atoms with Crippen LogP contribution in [0.15, 0.2) is 90.2 Å². The summed E-state index contributed by atoms with van der Waals surface area (Å²) in [5.74, 6) is 0. The van der Waals surface area contributed by atoms with E-state index in [1.807, 2.05) is 42.5 Å². The highest BCUT2D eigenvalue weighted by Gasteiger charge is 2.17. The number of rotatable bonds is 3. The molecule has 6 heteroatoms. The average molecular weight is 447 g/mol. The summed E-state index contributed by atoms with van der Waals surface area (Å²) in [6.07, 6.45) is 6.90. The predicted molar refractivity (Wildman–Crippen MR) is 134 cm³/mol. The van der Waals surface area contributed by atoms with E-state index in [4.69, 9.17) is 4.98 Å². The summed E-state index contributed by atoms with van der Waals surface area (Å²) in [6, 6.07) is 20.0. The molecule has 158 valence electrons. The Morgan fingerprint density at radius 2 is 1.76 bits per heavy atom. The lowest BCUT2D eigenvalue weighted by Gasteiger charge is -2.12. The van der Waals surface area contributed by atoms with Crippen LogP contribution < -0.4 is 5.43 Å². The van der Waals surface area contributed by atoms with E-state index in [1.165, 1.54) is 4.88 Å². The quantitative estimate of drug-likeness (QED) is 0.349. The summed E-state index contributed by atoms with van der Waals surface area (Å²) in [6.45, 7) is 2.08. The van der Waals surface area contributed by atoms with Crippen molar-refractivity contribution in [2.24, 2.45) is 0 Å². The molecule has 1 aromatic carbocycles. The number of nitrogens with zero attached hydrogens (tertiary/aromatic N) is 3. The van der Waals surface area contributed by atoms with E-state index in [1.54, 1.807) is 36.1 Å². The van der Waals surface area contributed by atoms with Crippen LogP contribution in [0, 0.1) is 6.92 Å². The van der Waals surface area contributed by atoms with Gasteiger partial charge in [-0.2, -0.15) is 0 Å². The molecule has 6 aromatic rings. The van der Waals surface area contributed by atoms with Gasteiger partial charge in [-0.05, 0) is 66.6 Å². The second-order valence-corrected chi connectivity index (χ2v) is 9.16. The molecule has 0 aliphatic rings. The standard InChI is InChI=1S/C27H18N4OS/c1-16-4-7-24(33-16)25-20(18-5-6-23-19(13-18)3-2-10-29-23)14-21-26(32)22(15-30-27(21)31-25)17-8-11-28-12-9-17/h2-15H,1H3,(H,30,31,32). The molecule has 5 nitrogen and oxygen atoms in total. The first-order valence-corrected chi connectivity index (χ1v) is 11.4. The minimum absolute atomic E-state index is 0.0555. The van der Waals surface area contributed by atoms with E-state index in [0.717, 1.165) is 38.2 Å². The van der Waals surface area contributed by atoms with Gasteiger partial charge in [0.1, 0.15) is 5.65 Å². The molecular formula is C27H18N4OS. The number of aromatic amines is 1. The van der Waals surface area contributed by atoms with Crippen molar-refractivity contribution in [3.63, 3.8) is 0 Å². The van der Waals surface area contributed by atoms with Crippen LogP contribution in [0.1, 0.15) is 4.88 Å². The molecule has 0 saturated heterocycles. The predicted octanol–water partition coefficient (Wildman–Crippen LogP) is 6.24. The minimum Gasteiger partial charge on any atom is -0.345 e. The molecule has 0 fully saturated rings. The Morgan fingerprint density at radius 1 is 0.879 bits per heavy atom. The van der Waals surface area contributed by atoms with Crippen molar-refractivity contribution in [3.8, 4) is 32.8 Å². The number of aryl methyl sites for hydroxylation is 1. The lowest BCUT2D eigenvalue weighted by Crippen LogP contribution is -2.08. The number of hydrogen-bond acceptors (Lipinski definition) is 5. The van der Waals surface area contributed by atoms with Gasteiger partial charge < -0.3 is 4.98 Å². The molecule has 0 aliphatic heterocycles. The van der Waals surface area contributed by atoms with Crippen LogP contribution in [0.2, 0.25) is 0 Å². The lowest BCUT2D eigenvalue weighted by atomic mass is 9.98. The Hall–Kier alpha value is -4.16. The Morgan fingerprint density at radius 3 is 2.58 bits per heavy atom. The normalized spacial score (nSPS) is 11.3. The van der Waals surface area contributed by atoms with Gasteiger partial charge in [0.2, 0.25) is 0 Å². The monoisotopic (exact) mass is 446 g/mol. The first-order valence-electron chi connectivity index (χ1n) is 10.6. The molecule has 1 N–H and O–H groups in total. The van der Waals surface area contributed by atoms with Crippen LogP contribution in [0.3, 0.4) is 0 Å². The molecule has 5 aromatic heterocycles. The van der Waals surface area contributed by atoms with Crippen LogP contribution in [-0.4, -0.2) is 19.9 Å². The zero-order chi connectivity index (χ0) is 22.4. The number of hydrogen-bond donors (Lipinski definition) is 1. The Bertz CT molecular complexity index is 1700. The molecular weight excluding hydrogens is 428 g/mol. The largest absolute Gasteiger partial charge is 0.345 e. The highest BCUT2D eigenvalue weighted by molar-refractivity contribution is 7.15. The molecule has 6 rings (SSSR count). The third-order valence-corrected chi connectivity index (χ3v) is 6.75. The maximum Gasteiger partial charge on any atom is 0.198 e. The van der Waals surface area contributed by atoms with E-state index < -0.39 is 0 Å². The highest BCUT2D eigenvalue weighted by Crippen LogP contribution is 2.37. The Kier molecular flexibility index (Phi) is 4.59. The molecule has 0 bridgehead atoms. The van der Waals surface area contributed by atoms with Gasteiger partial charge in [0.05, 0.1) is 21.5 Å². The number of H-pyrrole nitrogens is 1. The van der Waals surface area contributed by atoms with Crippen LogP contribution in [0.25, 0.3) is 54.8 Å². The minimum atomic E-state index is -0.0555. The summed E-state index contributed by atoms with van der Waals surface area (Å²) in [5, 5.41) is 1.60. The van der Waals surface area contributed by atoms with Gasteiger partial charge in [-0.1, -0.05) is 12.1 Å². The Labute approximate surface area is 193 Å². The van der Waals surface area contributed by atoms with Gasteiger partial charge in [0, 0.05) is 46.2 Å². The lowest BCUT2D eigenvalue weighted by molar-refractivity contribution is 1.27. The highest BCUT2D eigenvalue weighted by atomic mass is 32.1. The van der Waals surface area contributed by atoms with Gasteiger partial charge in [0.25, 0.3) is 0 Å². The van der Waals surface area contributed by atoms with E-state index in [9.17, 15) is 4.79 Å². The smallest absolute Gasteiger partial charge is 0.198 e. The topological polar surface area (TPSA) is 71.5 Å². The molecule has 0 amide bonds. The molecule has 0 spiro atoms. The van der Waals surface area contributed by atoms with Crippen molar-refractivity contribution < 1.29 is 0 Å². The van der Waals surface area contributed by atoms with Gasteiger partial charge in [0.15, 0.2) is 5.43 Å². The molecule has 0 aliphatic carbocycles. The van der Waals surface area contributed by atoms with E-state index >= 15 is 0 Å². The summed E-state index contributed by atoms with van der Waals surface area (Å²) < 4.78 is 0. The zero-order valence-corrected chi connectivity index (χ0v) is 18.6. The zero-order valence-electron chi connectivity index (χ0n) is 17.7. The molecule has 0 radical (unpaired) electrons. The number of fused-ring (bicyclic) bond motifs is 2. The van der Waals surface area contributed by atoms with Crippen molar-refractivity contribution in [1.82, 2.24) is 19.9 Å². The van der Waals surface area contributed by atoms with Crippen molar-refractivity contribution in [3.05, 3.63) is 101 Å². The maximum atomic E-state index is 13.5. The van der Waals surface area contributed by atoms with Gasteiger partial charge in [-0.15, -0.1) is 11.3 Å². The number of nitrogens with one attached hydrogen (secondary N) is 1. The first kappa shape index (κ1) is 19.5. The first-order chi connectivity index (χ1) is 16.2. The number of benzene rings is 1. The third kappa shape index (κ3) is 3.41. The fourth-order valence-electron chi connectivity index (χ4n) is 4.11. The van der Waals surface area contributed by atoms with Crippen LogP contribution in [0.4, 0.5) is 0 Å². The van der Waals surface area contributed by atoms with Gasteiger partial charge >= 0.3 is 0 Å². The Balaban J connectivity index is 1.65. The molecule has 0 saturated carbocycles. The van der Waals surface area contributed by atoms with E-state index in [0.29, 0.717) is 16.6 Å². The summed E-state index contributed by atoms with van der Waals surface area (Å²) in [5.41, 5.74) is 5.65. The second-order valence-electron chi connectivity index (χ2n) is 7.87. The number of thiophene rings is 1. The SMILES string of the molecule is Cc1ccc(-c2nc3[nH]cc(-c4ccncc4)c(=O)c3cc2-c2ccc3ncccc3c2)s1.